The van der Waals surface area contributed by atoms with Crippen molar-refractivity contribution < 1.29 is 14.5 Å². The molecule has 0 spiro atoms. The summed E-state index contributed by atoms with van der Waals surface area (Å²) in [5.74, 6) is 0.281. The van der Waals surface area contributed by atoms with Crippen molar-refractivity contribution in [2.45, 2.75) is 13.8 Å². The van der Waals surface area contributed by atoms with Gasteiger partial charge in [-0.3, -0.25) is 14.9 Å². The molecule has 3 aromatic rings. The van der Waals surface area contributed by atoms with Crippen molar-refractivity contribution in [3.05, 3.63) is 84.7 Å². The van der Waals surface area contributed by atoms with E-state index in [0.717, 1.165) is 26.2 Å². The summed E-state index contributed by atoms with van der Waals surface area (Å²) >= 11 is 2.13. The number of ether oxygens (including phenoxy) is 1. The van der Waals surface area contributed by atoms with Crippen molar-refractivity contribution in [2.24, 2.45) is 5.10 Å². The van der Waals surface area contributed by atoms with E-state index in [2.05, 4.69) is 33.1 Å². The van der Waals surface area contributed by atoms with E-state index in [9.17, 15) is 14.9 Å². The van der Waals surface area contributed by atoms with Crippen LogP contribution in [-0.4, -0.2) is 28.7 Å². The van der Waals surface area contributed by atoms with Gasteiger partial charge >= 0.3 is 0 Å². The summed E-state index contributed by atoms with van der Waals surface area (Å²) in [5, 5.41) is 14.9. The van der Waals surface area contributed by atoms with Gasteiger partial charge in [0, 0.05) is 40.3 Å². The molecule has 0 unspecified atom stereocenters. The topological polar surface area (TPSA) is 98.8 Å². The molecule has 0 bridgehead atoms. The van der Waals surface area contributed by atoms with Crippen molar-refractivity contribution in [1.82, 2.24) is 9.99 Å². The number of halogens is 1. The number of hydrogen-bond donors (Lipinski definition) is 1. The van der Waals surface area contributed by atoms with Crippen LogP contribution in [0, 0.1) is 27.5 Å². The van der Waals surface area contributed by atoms with Gasteiger partial charge in [-0.1, -0.05) is 0 Å². The van der Waals surface area contributed by atoms with Crippen molar-refractivity contribution in [3.63, 3.8) is 0 Å². The third kappa shape index (κ3) is 4.51. The lowest BCUT2D eigenvalue weighted by Crippen LogP contribution is -2.17. The zero-order valence-corrected chi connectivity index (χ0v) is 18.7. The molecular formula is C21H19IN4O4. The Kier molecular flexibility index (Phi) is 6.50. The van der Waals surface area contributed by atoms with Crippen LogP contribution in [0.1, 0.15) is 27.3 Å². The predicted molar refractivity (Wildman–Crippen MR) is 123 cm³/mol. The molecule has 8 nitrogen and oxygen atoms in total. The zero-order valence-electron chi connectivity index (χ0n) is 16.5. The number of hydrogen-bond acceptors (Lipinski definition) is 5. The number of nitrogens with one attached hydrogen (secondary N) is 1. The molecule has 0 aliphatic rings. The predicted octanol–water partition coefficient (Wildman–Crippen LogP) is 4.38. The highest BCUT2D eigenvalue weighted by Gasteiger charge is 2.12. The highest BCUT2D eigenvalue weighted by Crippen LogP contribution is 2.23. The van der Waals surface area contributed by atoms with E-state index < -0.39 is 4.92 Å². The fraction of sp³-hybridized carbons (Fsp3) is 0.143. The van der Waals surface area contributed by atoms with Crippen LogP contribution in [0.2, 0.25) is 0 Å². The van der Waals surface area contributed by atoms with Crippen LogP contribution in [0.15, 0.2) is 53.6 Å². The molecule has 2 aromatic carbocycles. The number of methoxy groups -OCH3 is 1. The van der Waals surface area contributed by atoms with Gasteiger partial charge in [-0.25, -0.2) is 5.43 Å². The molecule has 1 heterocycles. The number of rotatable bonds is 6. The van der Waals surface area contributed by atoms with Crippen LogP contribution >= 0.6 is 22.6 Å². The van der Waals surface area contributed by atoms with Crippen LogP contribution in [0.5, 0.6) is 5.75 Å². The summed E-state index contributed by atoms with van der Waals surface area (Å²) < 4.78 is 8.12. The van der Waals surface area contributed by atoms with Crippen molar-refractivity contribution in [2.75, 3.05) is 7.11 Å². The van der Waals surface area contributed by atoms with Crippen molar-refractivity contribution in [3.8, 4) is 11.4 Å². The largest absolute Gasteiger partial charge is 0.496 e. The minimum Gasteiger partial charge on any atom is -0.496 e. The minimum absolute atomic E-state index is 0.0398. The van der Waals surface area contributed by atoms with E-state index >= 15 is 0 Å². The first kappa shape index (κ1) is 21.5. The molecule has 154 valence electrons. The number of amides is 1. The maximum atomic E-state index is 12.3. The summed E-state index contributed by atoms with van der Waals surface area (Å²) in [7, 11) is 1.55. The van der Waals surface area contributed by atoms with Gasteiger partial charge in [0.05, 0.1) is 21.8 Å². The maximum Gasteiger partial charge on any atom is 0.271 e. The Morgan fingerprint density at radius 1 is 1.20 bits per heavy atom. The summed E-state index contributed by atoms with van der Waals surface area (Å²) in [6.07, 6.45) is 1.58. The van der Waals surface area contributed by atoms with Crippen LogP contribution in [0.4, 0.5) is 5.69 Å². The lowest BCUT2D eigenvalue weighted by atomic mass is 10.2. The van der Waals surface area contributed by atoms with Crippen molar-refractivity contribution in [1.29, 1.82) is 0 Å². The van der Waals surface area contributed by atoms with Gasteiger partial charge in [0.15, 0.2) is 0 Å². The number of non-ortho nitro benzene ring substituents is 1. The molecular weight excluding hydrogens is 499 g/mol. The highest BCUT2D eigenvalue weighted by atomic mass is 127. The quantitative estimate of drug-likeness (QED) is 0.227. The molecule has 0 saturated heterocycles. The molecule has 0 aliphatic heterocycles. The molecule has 0 fully saturated rings. The smallest absolute Gasteiger partial charge is 0.271 e. The average Bonchev–Trinajstić information content (AvgIpc) is 3.01. The summed E-state index contributed by atoms with van der Waals surface area (Å²) in [6.45, 7) is 3.85. The van der Waals surface area contributed by atoms with Gasteiger partial charge in [-0.15, -0.1) is 0 Å². The Balaban J connectivity index is 1.77. The number of benzene rings is 2. The molecule has 0 radical (unpaired) electrons. The number of carbonyl (C=O) groups is 1. The number of aryl methyl sites for hydroxylation is 1. The van der Waals surface area contributed by atoms with Crippen LogP contribution < -0.4 is 10.2 Å². The van der Waals surface area contributed by atoms with Gasteiger partial charge in [0.1, 0.15) is 5.75 Å². The number of nitro groups is 1. The maximum absolute atomic E-state index is 12.3. The number of carbonyl (C=O) groups excluding carboxylic acids is 1. The number of nitro benzene ring substituents is 1. The van der Waals surface area contributed by atoms with E-state index in [1.807, 2.05) is 24.5 Å². The Hall–Kier alpha value is -3.21. The van der Waals surface area contributed by atoms with Crippen molar-refractivity contribution >= 4 is 40.4 Å². The second-order valence-corrected chi connectivity index (χ2v) is 7.65. The Bertz CT molecular complexity index is 1140. The zero-order chi connectivity index (χ0) is 21.8. The van der Waals surface area contributed by atoms with Crippen LogP contribution in [0.3, 0.4) is 0 Å². The minimum atomic E-state index is -0.427. The molecule has 0 atom stereocenters. The third-order valence-electron chi connectivity index (χ3n) is 4.57. The third-order valence-corrected chi connectivity index (χ3v) is 5.46. The number of hydrazone groups is 1. The van der Waals surface area contributed by atoms with Gasteiger partial charge in [-0.2, -0.15) is 5.10 Å². The molecule has 1 amide bonds. The standard InChI is InChI=1S/C21H19IN4O4/c1-13-10-16(14(2)25(13)17-5-7-18(8-6-17)26(28)29)12-23-24-21(27)15-4-9-19(22)20(11-15)30-3/h4-12H,1-3H3,(H,24,27)/b23-12+. The molecule has 1 aromatic heterocycles. The summed E-state index contributed by atoms with van der Waals surface area (Å²) in [5.41, 5.74) is 6.48. The van der Waals surface area contributed by atoms with E-state index in [-0.39, 0.29) is 11.6 Å². The lowest BCUT2D eigenvalue weighted by molar-refractivity contribution is -0.384. The SMILES string of the molecule is COc1cc(C(=O)N/N=C/c2cc(C)n(-c3ccc([N+](=O)[O-])cc3)c2C)ccc1I. The van der Waals surface area contributed by atoms with Gasteiger partial charge < -0.3 is 9.30 Å². The Morgan fingerprint density at radius 2 is 1.90 bits per heavy atom. The normalized spacial score (nSPS) is 10.9. The number of nitrogens with zero attached hydrogens (tertiary/aromatic N) is 3. The van der Waals surface area contributed by atoms with E-state index in [1.165, 1.54) is 12.1 Å². The Labute approximate surface area is 186 Å². The second-order valence-electron chi connectivity index (χ2n) is 6.48. The monoisotopic (exact) mass is 518 g/mol. The van der Waals surface area contributed by atoms with Crippen LogP contribution in [-0.2, 0) is 0 Å². The summed E-state index contributed by atoms with van der Waals surface area (Å²) in [6, 6.07) is 13.4. The number of aromatic nitrogens is 1. The van der Waals surface area contributed by atoms with Gasteiger partial charge in [0.2, 0.25) is 0 Å². The van der Waals surface area contributed by atoms with Gasteiger partial charge in [-0.05, 0) is 72.8 Å². The first-order chi connectivity index (χ1) is 14.3. The van der Waals surface area contributed by atoms with E-state index in [1.54, 1.807) is 43.7 Å². The van der Waals surface area contributed by atoms with Gasteiger partial charge in [0.25, 0.3) is 11.6 Å². The lowest BCUT2D eigenvalue weighted by Gasteiger charge is -2.09. The summed E-state index contributed by atoms with van der Waals surface area (Å²) in [4.78, 5) is 22.8. The Morgan fingerprint density at radius 3 is 2.53 bits per heavy atom. The van der Waals surface area contributed by atoms with Crippen LogP contribution in [0.25, 0.3) is 5.69 Å². The first-order valence-electron chi connectivity index (χ1n) is 8.92. The first-order valence-corrected chi connectivity index (χ1v) is 10.0. The second kappa shape index (κ2) is 9.08. The highest BCUT2D eigenvalue weighted by molar-refractivity contribution is 14.1. The molecule has 30 heavy (non-hydrogen) atoms. The van der Waals surface area contributed by atoms with E-state index in [4.69, 9.17) is 4.74 Å². The molecule has 3 rings (SSSR count). The molecule has 0 aliphatic carbocycles. The fourth-order valence-corrected chi connectivity index (χ4v) is 3.62. The molecule has 9 heteroatoms. The van der Waals surface area contributed by atoms with E-state index in [0.29, 0.717) is 11.3 Å². The molecule has 0 saturated carbocycles. The fourth-order valence-electron chi connectivity index (χ4n) is 3.07. The molecule has 1 N–H and O–H groups in total. The average molecular weight is 518 g/mol.